The summed E-state index contributed by atoms with van der Waals surface area (Å²) < 4.78 is 1.57. The van der Waals surface area contributed by atoms with E-state index in [0.29, 0.717) is 10.7 Å². The van der Waals surface area contributed by atoms with Crippen LogP contribution in [0.25, 0.3) is 5.69 Å². The molecule has 0 bridgehead atoms. The van der Waals surface area contributed by atoms with Crippen molar-refractivity contribution in [3.63, 3.8) is 0 Å². The van der Waals surface area contributed by atoms with Crippen LogP contribution < -0.4 is 0 Å². The lowest BCUT2D eigenvalue weighted by Crippen LogP contribution is -2.02. The summed E-state index contributed by atoms with van der Waals surface area (Å²) in [6.07, 6.45) is 1.34. The molecular formula is C11H9ClN2O2. The molecule has 5 heteroatoms. The van der Waals surface area contributed by atoms with Crippen LogP contribution >= 0.6 is 11.6 Å². The maximum Gasteiger partial charge on any atom is 0.339 e. The van der Waals surface area contributed by atoms with Crippen molar-refractivity contribution in [1.29, 1.82) is 0 Å². The Morgan fingerprint density at radius 3 is 2.50 bits per heavy atom. The summed E-state index contributed by atoms with van der Waals surface area (Å²) in [5.74, 6) is -0.974. The molecular weight excluding hydrogens is 228 g/mol. The zero-order valence-electron chi connectivity index (χ0n) is 8.51. The van der Waals surface area contributed by atoms with Gasteiger partial charge in [-0.2, -0.15) is 5.10 Å². The number of aromatic carboxylic acids is 1. The van der Waals surface area contributed by atoms with Crippen LogP contribution in [0.4, 0.5) is 0 Å². The van der Waals surface area contributed by atoms with Gasteiger partial charge in [-0.25, -0.2) is 9.48 Å². The summed E-state index contributed by atoms with van der Waals surface area (Å²) in [6, 6.07) is 7.04. The average Bonchev–Trinajstić information content (AvgIpc) is 2.61. The number of halogens is 1. The van der Waals surface area contributed by atoms with Crippen molar-refractivity contribution in [2.45, 2.75) is 6.92 Å². The highest BCUT2D eigenvalue weighted by molar-refractivity contribution is 6.30. The minimum Gasteiger partial charge on any atom is -0.478 e. The molecule has 0 spiro atoms. The first kappa shape index (κ1) is 10.7. The molecule has 82 valence electrons. The normalized spacial score (nSPS) is 10.4. The monoisotopic (exact) mass is 236 g/mol. The highest BCUT2D eigenvalue weighted by atomic mass is 35.5. The van der Waals surface area contributed by atoms with E-state index in [9.17, 15) is 4.79 Å². The number of benzene rings is 1. The van der Waals surface area contributed by atoms with E-state index in [-0.39, 0.29) is 5.56 Å². The molecule has 2 aromatic rings. The third-order valence-electron chi connectivity index (χ3n) is 2.31. The van der Waals surface area contributed by atoms with Gasteiger partial charge in [-0.3, -0.25) is 0 Å². The van der Waals surface area contributed by atoms with Crippen LogP contribution in [0.15, 0.2) is 30.5 Å². The van der Waals surface area contributed by atoms with Gasteiger partial charge in [0.1, 0.15) is 5.56 Å². The van der Waals surface area contributed by atoms with Gasteiger partial charge in [-0.05, 0) is 31.2 Å². The first-order valence-electron chi connectivity index (χ1n) is 4.63. The Hall–Kier alpha value is -1.81. The van der Waals surface area contributed by atoms with Gasteiger partial charge in [0.15, 0.2) is 0 Å². The first-order valence-corrected chi connectivity index (χ1v) is 5.01. The topological polar surface area (TPSA) is 55.1 Å². The Morgan fingerprint density at radius 2 is 2.00 bits per heavy atom. The van der Waals surface area contributed by atoms with Gasteiger partial charge in [0.2, 0.25) is 0 Å². The van der Waals surface area contributed by atoms with Crippen molar-refractivity contribution < 1.29 is 9.90 Å². The SMILES string of the molecule is Cc1c(C(=O)O)cnn1-c1ccc(Cl)cc1. The molecule has 1 aromatic carbocycles. The van der Waals surface area contributed by atoms with E-state index in [1.165, 1.54) is 6.20 Å². The van der Waals surface area contributed by atoms with E-state index < -0.39 is 5.97 Å². The molecule has 1 N–H and O–H groups in total. The molecule has 0 atom stereocenters. The minimum atomic E-state index is -0.974. The molecule has 0 aliphatic heterocycles. The van der Waals surface area contributed by atoms with Gasteiger partial charge in [0.05, 0.1) is 17.6 Å². The minimum absolute atomic E-state index is 0.204. The van der Waals surface area contributed by atoms with E-state index in [0.717, 1.165) is 5.69 Å². The van der Waals surface area contributed by atoms with Crippen LogP contribution in [0.5, 0.6) is 0 Å². The summed E-state index contributed by atoms with van der Waals surface area (Å²) in [5, 5.41) is 13.6. The van der Waals surface area contributed by atoms with Crippen molar-refractivity contribution in [3.8, 4) is 5.69 Å². The Bertz CT molecular complexity index is 531. The number of rotatable bonds is 2. The molecule has 0 fully saturated rings. The number of hydrogen-bond donors (Lipinski definition) is 1. The summed E-state index contributed by atoms with van der Waals surface area (Å²) in [4.78, 5) is 10.8. The fourth-order valence-corrected chi connectivity index (χ4v) is 1.59. The first-order chi connectivity index (χ1) is 7.59. The zero-order valence-corrected chi connectivity index (χ0v) is 9.27. The maximum atomic E-state index is 10.8. The molecule has 1 heterocycles. The second-order valence-corrected chi connectivity index (χ2v) is 3.77. The number of carboxylic acids is 1. The largest absolute Gasteiger partial charge is 0.478 e. The van der Waals surface area contributed by atoms with Gasteiger partial charge in [-0.15, -0.1) is 0 Å². The number of carbonyl (C=O) groups is 1. The lowest BCUT2D eigenvalue weighted by atomic mass is 10.2. The van der Waals surface area contributed by atoms with Gasteiger partial charge < -0.3 is 5.11 Å². The Morgan fingerprint density at radius 1 is 1.38 bits per heavy atom. The third-order valence-corrected chi connectivity index (χ3v) is 2.56. The van der Waals surface area contributed by atoms with Crippen LogP contribution in [-0.2, 0) is 0 Å². The van der Waals surface area contributed by atoms with Gasteiger partial charge in [-0.1, -0.05) is 11.6 Å². The molecule has 1 aromatic heterocycles. The van der Waals surface area contributed by atoms with E-state index in [4.69, 9.17) is 16.7 Å². The Balaban J connectivity index is 2.49. The van der Waals surface area contributed by atoms with Crippen molar-refractivity contribution in [2.24, 2.45) is 0 Å². The molecule has 0 saturated heterocycles. The summed E-state index contributed by atoms with van der Waals surface area (Å²) >= 11 is 5.77. The summed E-state index contributed by atoms with van der Waals surface area (Å²) in [5.41, 5.74) is 1.58. The molecule has 0 amide bonds. The molecule has 16 heavy (non-hydrogen) atoms. The Labute approximate surface area is 97.1 Å². The highest BCUT2D eigenvalue weighted by Crippen LogP contribution is 2.16. The van der Waals surface area contributed by atoms with Crippen LogP contribution in [0, 0.1) is 6.92 Å². The van der Waals surface area contributed by atoms with E-state index in [1.807, 2.05) is 0 Å². The molecule has 2 rings (SSSR count). The molecule has 0 radical (unpaired) electrons. The van der Waals surface area contributed by atoms with Gasteiger partial charge in [0.25, 0.3) is 0 Å². The maximum absolute atomic E-state index is 10.8. The second-order valence-electron chi connectivity index (χ2n) is 3.34. The number of nitrogens with zero attached hydrogens (tertiary/aromatic N) is 2. The fraction of sp³-hybridized carbons (Fsp3) is 0.0909. The van der Waals surface area contributed by atoms with Crippen LogP contribution in [0.3, 0.4) is 0 Å². The van der Waals surface area contributed by atoms with Crippen molar-refractivity contribution in [1.82, 2.24) is 9.78 Å². The third kappa shape index (κ3) is 1.79. The van der Waals surface area contributed by atoms with Gasteiger partial charge >= 0.3 is 5.97 Å². The lowest BCUT2D eigenvalue weighted by Gasteiger charge is -2.04. The molecule has 0 aliphatic carbocycles. The molecule has 0 aliphatic rings. The highest BCUT2D eigenvalue weighted by Gasteiger charge is 2.13. The van der Waals surface area contributed by atoms with Gasteiger partial charge in [0, 0.05) is 5.02 Å². The van der Waals surface area contributed by atoms with E-state index >= 15 is 0 Å². The fourth-order valence-electron chi connectivity index (χ4n) is 1.46. The molecule has 0 saturated carbocycles. The molecule has 4 nitrogen and oxygen atoms in total. The number of aromatic nitrogens is 2. The average molecular weight is 237 g/mol. The summed E-state index contributed by atoms with van der Waals surface area (Å²) in [7, 11) is 0. The molecule has 0 unspecified atom stereocenters. The standard InChI is InChI=1S/C11H9ClN2O2/c1-7-10(11(15)16)6-13-14(7)9-4-2-8(12)3-5-9/h2-6H,1H3,(H,15,16). The van der Waals surface area contributed by atoms with Crippen molar-refractivity contribution >= 4 is 17.6 Å². The zero-order chi connectivity index (χ0) is 11.7. The predicted octanol–water partition coefficient (Wildman–Crippen LogP) is 2.53. The Kier molecular flexibility index (Phi) is 2.66. The smallest absolute Gasteiger partial charge is 0.339 e. The van der Waals surface area contributed by atoms with E-state index in [1.54, 1.807) is 35.9 Å². The van der Waals surface area contributed by atoms with Crippen molar-refractivity contribution in [3.05, 3.63) is 46.7 Å². The van der Waals surface area contributed by atoms with E-state index in [2.05, 4.69) is 5.10 Å². The lowest BCUT2D eigenvalue weighted by molar-refractivity contribution is 0.0696. The van der Waals surface area contributed by atoms with Crippen LogP contribution in [0.1, 0.15) is 16.1 Å². The summed E-state index contributed by atoms with van der Waals surface area (Å²) in [6.45, 7) is 1.71. The number of carboxylic acid groups (broad SMARTS) is 1. The van der Waals surface area contributed by atoms with Crippen LogP contribution in [-0.4, -0.2) is 20.9 Å². The quantitative estimate of drug-likeness (QED) is 0.872. The second kappa shape index (κ2) is 3.98. The van der Waals surface area contributed by atoms with Crippen LogP contribution in [0.2, 0.25) is 5.02 Å². The number of hydrogen-bond acceptors (Lipinski definition) is 2. The van der Waals surface area contributed by atoms with Crippen molar-refractivity contribution in [2.75, 3.05) is 0 Å². The predicted molar refractivity (Wildman–Crippen MR) is 60.3 cm³/mol.